The summed E-state index contributed by atoms with van der Waals surface area (Å²) in [4.78, 5) is 13.5. The van der Waals surface area contributed by atoms with Crippen molar-refractivity contribution < 1.29 is 13.2 Å². The van der Waals surface area contributed by atoms with Gasteiger partial charge in [-0.15, -0.1) is 11.3 Å². The van der Waals surface area contributed by atoms with Gasteiger partial charge in [-0.05, 0) is 42.7 Å². The van der Waals surface area contributed by atoms with Gasteiger partial charge in [-0.3, -0.25) is 4.79 Å². The number of hydrogen-bond donors (Lipinski definition) is 1. The van der Waals surface area contributed by atoms with Crippen LogP contribution in [0.4, 0.5) is 5.00 Å². The predicted molar refractivity (Wildman–Crippen MR) is 112 cm³/mol. The quantitative estimate of drug-likeness (QED) is 0.737. The number of benzene rings is 1. The second kappa shape index (κ2) is 8.89. The van der Waals surface area contributed by atoms with E-state index in [4.69, 9.17) is 0 Å². The van der Waals surface area contributed by atoms with E-state index in [-0.39, 0.29) is 30.3 Å². The molecule has 1 aliphatic rings. The van der Waals surface area contributed by atoms with Crippen LogP contribution in [0.1, 0.15) is 47.8 Å². The topological polar surface area (TPSA) is 87.0 Å². The molecule has 0 aliphatic heterocycles. The maximum absolute atomic E-state index is 12.3. The number of amides is 1. The van der Waals surface area contributed by atoms with Crippen LogP contribution in [0.25, 0.3) is 0 Å². The minimum atomic E-state index is -3.25. The van der Waals surface area contributed by atoms with Crippen molar-refractivity contribution in [2.24, 2.45) is 5.92 Å². The molecule has 5 nitrogen and oxygen atoms in total. The SMILES string of the molecule is C[C@H]1CCc2c(sc(NC(=O)CCCS(=O)(=O)Cc3ccccc3)c2C#N)C1. The molecular formula is C21H24N2O3S2. The average Bonchev–Trinajstić information content (AvgIpc) is 2.97. The Morgan fingerprint density at radius 2 is 2.07 bits per heavy atom. The second-order valence-electron chi connectivity index (χ2n) is 7.40. The first-order chi connectivity index (χ1) is 13.4. The molecule has 1 aliphatic carbocycles. The fraction of sp³-hybridized carbons (Fsp3) is 0.429. The summed E-state index contributed by atoms with van der Waals surface area (Å²) in [6.07, 6.45) is 3.28. The molecule has 0 bridgehead atoms. The first-order valence-electron chi connectivity index (χ1n) is 9.47. The third kappa shape index (κ3) is 5.21. The summed E-state index contributed by atoms with van der Waals surface area (Å²) in [7, 11) is -3.25. The molecule has 148 valence electrons. The first-order valence-corrected chi connectivity index (χ1v) is 12.1. The number of fused-ring (bicyclic) bond motifs is 1. The van der Waals surface area contributed by atoms with Crippen LogP contribution in [0, 0.1) is 17.2 Å². The highest BCUT2D eigenvalue weighted by Gasteiger charge is 2.24. The van der Waals surface area contributed by atoms with E-state index in [1.165, 1.54) is 16.2 Å². The molecule has 1 aromatic heterocycles. The molecule has 2 aromatic rings. The molecule has 0 saturated carbocycles. The van der Waals surface area contributed by atoms with Crippen LogP contribution in [-0.4, -0.2) is 20.1 Å². The Kier molecular flexibility index (Phi) is 6.53. The predicted octanol–water partition coefficient (Wildman–Crippen LogP) is 4.08. The van der Waals surface area contributed by atoms with Crippen molar-refractivity contribution in [2.45, 2.75) is 44.8 Å². The Morgan fingerprint density at radius 3 is 2.79 bits per heavy atom. The summed E-state index contributed by atoms with van der Waals surface area (Å²) in [6.45, 7) is 2.20. The zero-order valence-corrected chi connectivity index (χ0v) is 17.5. The van der Waals surface area contributed by atoms with Gasteiger partial charge in [0, 0.05) is 11.3 Å². The van der Waals surface area contributed by atoms with Crippen molar-refractivity contribution >= 4 is 32.1 Å². The smallest absolute Gasteiger partial charge is 0.225 e. The third-order valence-corrected chi connectivity index (χ3v) is 7.82. The Hall–Kier alpha value is -2.17. The highest BCUT2D eigenvalue weighted by Crippen LogP contribution is 2.39. The summed E-state index contributed by atoms with van der Waals surface area (Å²) in [5.41, 5.74) is 2.41. The van der Waals surface area contributed by atoms with Crippen LogP contribution in [0.3, 0.4) is 0 Å². The van der Waals surface area contributed by atoms with Crippen molar-refractivity contribution in [2.75, 3.05) is 11.1 Å². The lowest BCUT2D eigenvalue weighted by molar-refractivity contribution is -0.116. The van der Waals surface area contributed by atoms with Gasteiger partial charge in [0.05, 0.1) is 17.1 Å². The number of sulfone groups is 1. The van der Waals surface area contributed by atoms with Crippen molar-refractivity contribution in [3.05, 3.63) is 51.9 Å². The number of carbonyl (C=O) groups excluding carboxylic acids is 1. The summed E-state index contributed by atoms with van der Waals surface area (Å²) in [5.74, 6) is 0.317. The second-order valence-corrected chi connectivity index (χ2v) is 10.7. The van der Waals surface area contributed by atoms with E-state index in [2.05, 4.69) is 18.3 Å². The van der Waals surface area contributed by atoms with E-state index in [1.54, 1.807) is 12.1 Å². The maximum Gasteiger partial charge on any atom is 0.225 e. The van der Waals surface area contributed by atoms with Gasteiger partial charge in [-0.1, -0.05) is 37.3 Å². The van der Waals surface area contributed by atoms with Crippen molar-refractivity contribution in [3.63, 3.8) is 0 Å². The number of carbonyl (C=O) groups is 1. The van der Waals surface area contributed by atoms with Gasteiger partial charge in [0.1, 0.15) is 11.1 Å². The molecule has 1 aromatic carbocycles. The molecular weight excluding hydrogens is 392 g/mol. The first kappa shape index (κ1) is 20.6. The van der Waals surface area contributed by atoms with Gasteiger partial charge in [0.25, 0.3) is 0 Å². The number of nitrogens with zero attached hydrogens (tertiary/aromatic N) is 1. The molecule has 0 saturated heterocycles. The molecule has 0 fully saturated rings. The zero-order chi connectivity index (χ0) is 20.1. The summed E-state index contributed by atoms with van der Waals surface area (Å²) < 4.78 is 24.5. The average molecular weight is 417 g/mol. The minimum Gasteiger partial charge on any atom is -0.317 e. The Bertz CT molecular complexity index is 989. The van der Waals surface area contributed by atoms with Crippen LogP contribution >= 0.6 is 11.3 Å². The van der Waals surface area contributed by atoms with Crippen LogP contribution in [0.15, 0.2) is 30.3 Å². The Labute approximate surface area is 170 Å². The molecule has 0 unspecified atom stereocenters. The summed E-state index contributed by atoms with van der Waals surface area (Å²) in [5, 5.41) is 12.9. The van der Waals surface area contributed by atoms with Gasteiger partial charge in [-0.25, -0.2) is 8.42 Å². The molecule has 0 radical (unpaired) electrons. The van der Waals surface area contributed by atoms with Gasteiger partial charge < -0.3 is 5.32 Å². The molecule has 3 rings (SSSR count). The van der Waals surface area contributed by atoms with Crippen LogP contribution in [0.5, 0.6) is 0 Å². The Morgan fingerprint density at radius 1 is 1.32 bits per heavy atom. The molecule has 7 heteroatoms. The molecule has 28 heavy (non-hydrogen) atoms. The van der Waals surface area contributed by atoms with Crippen LogP contribution in [0.2, 0.25) is 0 Å². The normalized spacial score (nSPS) is 16.2. The maximum atomic E-state index is 12.3. The van der Waals surface area contributed by atoms with Gasteiger partial charge >= 0.3 is 0 Å². The lowest BCUT2D eigenvalue weighted by atomic mass is 9.89. The largest absolute Gasteiger partial charge is 0.317 e. The molecule has 1 amide bonds. The fourth-order valence-corrected chi connectivity index (χ4v) is 6.31. The summed E-state index contributed by atoms with van der Waals surface area (Å²) >= 11 is 1.49. The van der Waals surface area contributed by atoms with E-state index in [1.807, 2.05) is 18.2 Å². The van der Waals surface area contributed by atoms with Gasteiger partial charge in [0.15, 0.2) is 9.84 Å². The highest BCUT2D eigenvalue weighted by atomic mass is 32.2. The number of rotatable bonds is 7. The van der Waals surface area contributed by atoms with Crippen LogP contribution in [-0.2, 0) is 33.2 Å². The number of thiophene rings is 1. The third-order valence-electron chi connectivity index (χ3n) is 4.97. The summed E-state index contributed by atoms with van der Waals surface area (Å²) in [6, 6.07) is 11.3. The lowest BCUT2D eigenvalue weighted by Crippen LogP contribution is -2.15. The van der Waals surface area contributed by atoms with Crippen molar-refractivity contribution in [3.8, 4) is 6.07 Å². The number of nitrogens with one attached hydrogen (secondary N) is 1. The molecule has 1 atom stereocenters. The van der Waals surface area contributed by atoms with Gasteiger partial charge in [0.2, 0.25) is 5.91 Å². The zero-order valence-electron chi connectivity index (χ0n) is 15.9. The lowest BCUT2D eigenvalue weighted by Gasteiger charge is -2.17. The minimum absolute atomic E-state index is 0.0101. The van der Waals surface area contributed by atoms with E-state index in [9.17, 15) is 18.5 Å². The highest BCUT2D eigenvalue weighted by molar-refractivity contribution is 7.90. The Balaban J connectivity index is 1.54. The van der Waals surface area contributed by atoms with E-state index in [0.717, 1.165) is 30.4 Å². The van der Waals surface area contributed by atoms with Crippen molar-refractivity contribution in [1.29, 1.82) is 5.26 Å². The van der Waals surface area contributed by atoms with Crippen molar-refractivity contribution in [1.82, 2.24) is 0 Å². The van der Waals surface area contributed by atoms with Crippen LogP contribution < -0.4 is 5.32 Å². The monoisotopic (exact) mass is 416 g/mol. The number of hydrogen-bond acceptors (Lipinski definition) is 5. The fourth-order valence-electron chi connectivity index (χ4n) is 3.50. The molecule has 1 heterocycles. The number of anilines is 1. The molecule has 1 N–H and O–H groups in total. The standard InChI is InChI=1S/C21H24N2O3S2/c1-15-9-10-17-18(13-22)21(27-19(17)12-15)23-20(24)8-5-11-28(25,26)14-16-6-3-2-4-7-16/h2-4,6-7,15H,5,8-12,14H2,1H3,(H,23,24)/t15-/m0/s1. The van der Waals surface area contributed by atoms with E-state index < -0.39 is 9.84 Å². The van der Waals surface area contributed by atoms with Gasteiger partial charge in [-0.2, -0.15) is 5.26 Å². The number of nitriles is 1. The molecule has 0 spiro atoms. The van der Waals surface area contributed by atoms with E-state index in [0.29, 0.717) is 16.5 Å². The van der Waals surface area contributed by atoms with E-state index >= 15 is 0 Å².